The molecule has 3 heterocycles. The van der Waals surface area contributed by atoms with Gasteiger partial charge in [-0.15, -0.1) is 0 Å². The molecule has 0 unspecified atom stereocenters. The van der Waals surface area contributed by atoms with Gasteiger partial charge in [-0.2, -0.15) is 0 Å². The standard InChI is InChI=1S/C18H24N4O3/c1-12-16(25-11-20-12)18(23)21-6-7-22-15(9-19-17(22)13(21)2)5-8-24-10-14-3-4-14/h9,11,13-14H,3-8,10H2,1-2H3/t13-/m1/s1. The van der Waals surface area contributed by atoms with Gasteiger partial charge in [-0.3, -0.25) is 4.79 Å². The van der Waals surface area contributed by atoms with Gasteiger partial charge in [0.1, 0.15) is 5.82 Å². The first-order valence-electron chi connectivity index (χ1n) is 8.98. The molecule has 7 nitrogen and oxygen atoms in total. The first-order valence-corrected chi connectivity index (χ1v) is 8.98. The minimum atomic E-state index is -0.119. The summed E-state index contributed by atoms with van der Waals surface area (Å²) in [6, 6.07) is -0.0908. The lowest BCUT2D eigenvalue weighted by Crippen LogP contribution is -2.41. The van der Waals surface area contributed by atoms with Crippen molar-refractivity contribution in [3.05, 3.63) is 35.6 Å². The summed E-state index contributed by atoms with van der Waals surface area (Å²) in [6.45, 7) is 6.79. The van der Waals surface area contributed by atoms with Crippen LogP contribution < -0.4 is 0 Å². The largest absolute Gasteiger partial charge is 0.438 e. The lowest BCUT2D eigenvalue weighted by Gasteiger charge is -2.34. The number of carbonyl (C=O) groups is 1. The van der Waals surface area contributed by atoms with Crippen molar-refractivity contribution in [2.75, 3.05) is 19.8 Å². The number of fused-ring (bicyclic) bond motifs is 1. The van der Waals surface area contributed by atoms with Crippen LogP contribution in [0, 0.1) is 12.8 Å². The Bertz CT molecular complexity index is 762. The van der Waals surface area contributed by atoms with Crippen molar-refractivity contribution in [3.63, 3.8) is 0 Å². The molecule has 0 radical (unpaired) electrons. The van der Waals surface area contributed by atoms with Gasteiger partial charge in [-0.05, 0) is 32.6 Å². The van der Waals surface area contributed by atoms with Gasteiger partial charge in [0, 0.05) is 38.0 Å². The molecule has 0 N–H and O–H groups in total. The second kappa shape index (κ2) is 6.63. The summed E-state index contributed by atoms with van der Waals surface area (Å²) in [7, 11) is 0. The van der Waals surface area contributed by atoms with Gasteiger partial charge in [0.25, 0.3) is 5.91 Å². The molecule has 1 fully saturated rings. The minimum Gasteiger partial charge on any atom is -0.438 e. The number of hydrogen-bond acceptors (Lipinski definition) is 5. The predicted molar refractivity (Wildman–Crippen MR) is 90.2 cm³/mol. The number of amides is 1. The van der Waals surface area contributed by atoms with Crippen LogP contribution in [0.3, 0.4) is 0 Å². The first-order chi connectivity index (χ1) is 12.1. The maximum absolute atomic E-state index is 12.7. The third-order valence-electron chi connectivity index (χ3n) is 5.13. The molecule has 134 valence electrons. The van der Waals surface area contributed by atoms with E-state index >= 15 is 0 Å². The zero-order valence-electron chi connectivity index (χ0n) is 14.8. The number of aryl methyl sites for hydroxylation is 1. The van der Waals surface area contributed by atoms with Crippen LogP contribution in [0.1, 0.15) is 53.6 Å². The van der Waals surface area contributed by atoms with E-state index in [0.717, 1.165) is 37.9 Å². The van der Waals surface area contributed by atoms with Gasteiger partial charge in [0.15, 0.2) is 6.39 Å². The molecular weight excluding hydrogens is 320 g/mol. The SMILES string of the molecule is Cc1ncoc1C(=O)N1CCn2c(CCOCC3CC3)cnc2[C@H]1C. The Morgan fingerprint density at radius 1 is 1.36 bits per heavy atom. The molecule has 1 amide bonds. The Hall–Kier alpha value is -2.15. The smallest absolute Gasteiger partial charge is 0.292 e. The van der Waals surface area contributed by atoms with Gasteiger partial charge >= 0.3 is 0 Å². The Labute approximate surface area is 147 Å². The normalized spacial score (nSPS) is 19.9. The summed E-state index contributed by atoms with van der Waals surface area (Å²) in [5.41, 5.74) is 1.81. The third kappa shape index (κ3) is 3.20. The monoisotopic (exact) mass is 344 g/mol. The van der Waals surface area contributed by atoms with E-state index in [2.05, 4.69) is 14.5 Å². The Kier molecular flexibility index (Phi) is 4.33. The molecule has 1 aliphatic heterocycles. The highest BCUT2D eigenvalue weighted by molar-refractivity contribution is 5.92. The quantitative estimate of drug-likeness (QED) is 0.752. The maximum Gasteiger partial charge on any atom is 0.292 e. The second-order valence-electron chi connectivity index (χ2n) is 6.97. The van der Waals surface area contributed by atoms with Crippen molar-refractivity contribution in [2.24, 2.45) is 5.92 Å². The van der Waals surface area contributed by atoms with Crippen LogP contribution in [0.2, 0.25) is 0 Å². The third-order valence-corrected chi connectivity index (χ3v) is 5.13. The van der Waals surface area contributed by atoms with E-state index in [-0.39, 0.29) is 11.9 Å². The van der Waals surface area contributed by atoms with Crippen LogP contribution in [0.5, 0.6) is 0 Å². The van der Waals surface area contributed by atoms with E-state index < -0.39 is 0 Å². The van der Waals surface area contributed by atoms with E-state index in [1.54, 1.807) is 6.92 Å². The molecule has 7 heteroatoms. The summed E-state index contributed by atoms with van der Waals surface area (Å²) >= 11 is 0. The van der Waals surface area contributed by atoms with Crippen molar-refractivity contribution < 1.29 is 13.9 Å². The van der Waals surface area contributed by atoms with E-state index in [9.17, 15) is 4.79 Å². The van der Waals surface area contributed by atoms with Crippen LogP contribution in [-0.4, -0.2) is 45.1 Å². The lowest BCUT2D eigenvalue weighted by atomic mass is 10.1. The van der Waals surface area contributed by atoms with Gasteiger partial charge in [0.2, 0.25) is 5.76 Å². The topological polar surface area (TPSA) is 73.4 Å². The molecule has 2 aromatic rings. The highest BCUT2D eigenvalue weighted by atomic mass is 16.5. The number of rotatable bonds is 6. The summed E-state index contributed by atoms with van der Waals surface area (Å²) in [5.74, 6) is 1.92. The molecule has 0 aromatic carbocycles. The van der Waals surface area contributed by atoms with Crippen molar-refractivity contribution in [1.82, 2.24) is 19.4 Å². The van der Waals surface area contributed by atoms with Crippen LogP contribution in [-0.2, 0) is 17.7 Å². The van der Waals surface area contributed by atoms with Gasteiger partial charge < -0.3 is 18.6 Å². The Balaban J connectivity index is 1.43. The van der Waals surface area contributed by atoms with Crippen molar-refractivity contribution in [1.29, 1.82) is 0 Å². The summed E-state index contributed by atoms with van der Waals surface area (Å²) < 4.78 is 13.2. The van der Waals surface area contributed by atoms with Crippen LogP contribution in [0.4, 0.5) is 0 Å². The molecule has 1 saturated carbocycles. The zero-order valence-corrected chi connectivity index (χ0v) is 14.8. The molecule has 2 aromatic heterocycles. The number of nitrogens with zero attached hydrogens (tertiary/aromatic N) is 4. The predicted octanol–water partition coefficient (Wildman–Crippen LogP) is 2.37. The number of aromatic nitrogens is 3. The zero-order chi connectivity index (χ0) is 17.4. The Morgan fingerprint density at radius 2 is 2.20 bits per heavy atom. The highest BCUT2D eigenvalue weighted by Crippen LogP contribution is 2.29. The molecule has 0 bridgehead atoms. The molecule has 1 atom stereocenters. The average molecular weight is 344 g/mol. The lowest BCUT2D eigenvalue weighted by molar-refractivity contribution is 0.0601. The maximum atomic E-state index is 12.7. The fraction of sp³-hybridized carbons (Fsp3) is 0.611. The molecule has 4 rings (SSSR count). The van der Waals surface area contributed by atoms with Crippen molar-refractivity contribution in [2.45, 2.75) is 45.7 Å². The molecular formula is C18H24N4O3. The Morgan fingerprint density at radius 3 is 2.92 bits per heavy atom. The molecule has 0 saturated heterocycles. The average Bonchev–Trinajstić information content (AvgIpc) is 3.18. The van der Waals surface area contributed by atoms with E-state index in [0.29, 0.717) is 18.0 Å². The minimum absolute atomic E-state index is 0.0908. The fourth-order valence-electron chi connectivity index (χ4n) is 3.39. The molecule has 0 spiro atoms. The number of ether oxygens (including phenoxy) is 1. The summed E-state index contributed by atoms with van der Waals surface area (Å²) in [5, 5.41) is 0. The van der Waals surface area contributed by atoms with Gasteiger partial charge in [-0.1, -0.05) is 0 Å². The van der Waals surface area contributed by atoms with Crippen LogP contribution >= 0.6 is 0 Å². The summed E-state index contributed by atoms with van der Waals surface area (Å²) in [6.07, 6.45) is 6.72. The van der Waals surface area contributed by atoms with Crippen molar-refractivity contribution >= 4 is 5.91 Å². The summed E-state index contributed by atoms with van der Waals surface area (Å²) in [4.78, 5) is 23.1. The van der Waals surface area contributed by atoms with Crippen molar-refractivity contribution in [3.8, 4) is 0 Å². The second-order valence-corrected chi connectivity index (χ2v) is 6.97. The molecule has 1 aliphatic carbocycles. The number of hydrogen-bond donors (Lipinski definition) is 0. The number of imidazole rings is 1. The van der Waals surface area contributed by atoms with E-state index in [1.807, 2.05) is 18.0 Å². The first kappa shape index (κ1) is 16.3. The number of oxazole rings is 1. The van der Waals surface area contributed by atoms with E-state index in [4.69, 9.17) is 9.15 Å². The van der Waals surface area contributed by atoms with Crippen LogP contribution in [0.15, 0.2) is 17.0 Å². The number of carbonyl (C=O) groups excluding carboxylic acids is 1. The van der Waals surface area contributed by atoms with Gasteiger partial charge in [0.05, 0.1) is 18.3 Å². The molecule has 2 aliphatic rings. The highest BCUT2D eigenvalue weighted by Gasteiger charge is 2.33. The molecule has 25 heavy (non-hydrogen) atoms. The van der Waals surface area contributed by atoms with Gasteiger partial charge in [-0.25, -0.2) is 9.97 Å². The van der Waals surface area contributed by atoms with Crippen LogP contribution in [0.25, 0.3) is 0 Å². The fourth-order valence-corrected chi connectivity index (χ4v) is 3.39. The van der Waals surface area contributed by atoms with E-state index in [1.165, 1.54) is 24.9 Å².